The number of rotatable bonds is 5. The maximum Gasteiger partial charge on any atom is 0.232 e. The maximum atomic E-state index is 12.9. The van der Waals surface area contributed by atoms with Crippen LogP contribution in [0.3, 0.4) is 0 Å². The summed E-state index contributed by atoms with van der Waals surface area (Å²) in [7, 11) is 0. The molecule has 24 heavy (non-hydrogen) atoms. The lowest BCUT2D eigenvalue weighted by Gasteiger charge is -2.03. The van der Waals surface area contributed by atoms with Crippen LogP contribution in [0.5, 0.6) is 0 Å². The van der Waals surface area contributed by atoms with Crippen LogP contribution in [0.4, 0.5) is 10.1 Å². The van der Waals surface area contributed by atoms with Crippen molar-refractivity contribution >= 4 is 23.2 Å². The number of amides is 1. The van der Waals surface area contributed by atoms with Gasteiger partial charge in [-0.1, -0.05) is 23.7 Å². The zero-order valence-corrected chi connectivity index (χ0v) is 13.3. The third-order valence-electron chi connectivity index (χ3n) is 3.31. The number of nitrogens with one attached hydrogen (secondary N) is 2. The van der Waals surface area contributed by atoms with Crippen molar-refractivity contribution in [1.29, 1.82) is 0 Å². The Hall–Kier alpha value is -2.73. The maximum absolute atomic E-state index is 12.9. The van der Waals surface area contributed by atoms with E-state index in [1.165, 1.54) is 12.1 Å². The molecule has 0 spiro atoms. The van der Waals surface area contributed by atoms with Gasteiger partial charge in [0.2, 0.25) is 5.91 Å². The molecule has 0 unspecified atom stereocenters. The molecule has 0 saturated heterocycles. The van der Waals surface area contributed by atoms with Gasteiger partial charge in [-0.3, -0.25) is 9.89 Å². The van der Waals surface area contributed by atoms with Crippen LogP contribution >= 0.6 is 11.6 Å². The molecule has 1 heterocycles. The molecule has 2 aromatic carbocycles. The topological polar surface area (TPSA) is 70.7 Å². The lowest BCUT2D eigenvalue weighted by molar-refractivity contribution is -0.115. The Balaban J connectivity index is 1.58. The minimum atomic E-state index is -0.282. The standard InChI is InChI=1S/C17H14ClFN4O/c18-12-3-7-14(8-4-12)20-17(24)10-16-21-15(22-23-16)9-11-1-5-13(19)6-2-11/h1-8H,9-10H2,(H,20,24)(H,21,22,23). The van der Waals surface area contributed by atoms with E-state index in [0.717, 1.165) is 5.56 Å². The van der Waals surface area contributed by atoms with E-state index in [1.807, 2.05) is 0 Å². The number of nitrogens with zero attached hydrogens (tertiary/aromatic N) is 2. The first-order chi connectivity index (χ1) is 11.6. The van der Waals surface area contributed by atoms with Crippen LogP contribution in [0, 0.1) is 5.82 Å². The lowest BCUT2D eigenvalue weighted by Crippen LogP contribution is -2.15. The number of halogens is 2. The van der Waals surface area contributed by atoms with Crippen LogP contribution in [-0.2, 0) is 17.6 Å². The van der Waals surface area contributed by atoms with Crippen molar-refractivity contribution in [3.05, 3.63) is 76.6 Å². The van der Waals surface area contributed by atoms with Gasteiger partial charge < -0.3 is 5.32 Å². The van der Waals surface area contributed by atoms with Gasteiger partial charge in [-0.2, -0.15) is 5.10 Å². The molecule has 3 aromatic rings. The van der Waals surface area contributed by atoms with E-state index >= 15 is 0 Å². The smallest absolute Gasteiger partial charge is 0.232 e. The highest BCUT2D eigenvalue weighted by Gasteiger charge is 2.10. The van der Waals surface area contributed by atoms with Gasteiger partial charge in [-0.15, -0.1) is 0 Å². The second kappa shape index (κ2) is 7.23. The largest absolute Gasteiger partial charge is 0.326 e. The summed E-state index contributed by atoms with van der Waals surface area (Å²) in [6.07, 6.45) is 0.550. The van der Waals surface area contributed by atoms with Crippen LogP contribution < -0.4 is 5.32 Å². The summed E-state index contributed by atoms with van der Waals surface area (Å²) >= 11 is 5.80. The van der Waals surface area contributed by atoms with E-state index in [0.29, 0.717) is 28.8 Å². The SMILES string of the molecule is O=C(Cc1n[nH]c(Cc2ccc(F)cc2)n1)Nc1ccc(Cl)cc1. The molecule has 0 aliphatic rings. The van der Waals surface area contributed by atoms with Crippen molar-refractivity contribution in [1.82, 2.24) is 15.2 Å². The Morgan fingerprint density at radius 3 is 2.54 bits per heavy atom. The second-order valence-electron chi connectivity index (χ2n) is 5.23. The summed E-state index contributed by atoms with van der Waals surface area (Å²) in [6, 6.07) is 13.0. The summed E-state index contributed by atoms with van der Waals surface area (Å²) in [5.74, 6) is 0.523. The predicted molar refractivity (Wildman–Crippen MR) is 89.4 cm³/mol. The molecule has 0 atom stereocenters. The normalized spacial score (nSPS) is 10.6. The first-order valence-electron chi connectivity index (χ1n) is 7.28. The number of hydrogen-bond acceptors (Lipinski definition) is 3. The molecule has 7 heteroatoms. The molecule has 122 valence electrons. The molecule has 0 fully saturated rings. The molecule has 3 rings (SSSR count). The van der Waals surface area contributed by atoms with Gasteiger partial charge >= 0.3 is 0 Å². The molecule has 0 bridgehead atoms. The lowest BCUT2D eigenvalue weighted by atomic mass is 10.1. The number of anilines is 1. The number of hydrogen-bond donors (Lipinski definition) is 2. The van der Waals surface area contributed by atoms with Gasteiger partial charge in [0, 0.05) is 17.1 Å². The Kier molecular flexibility index (Phi) is 4.86. The average Bonchev–Trinajstić information content (AvgIpc) is 2.99. The quantitative estimate of drug-likeness (QED) is 0.745. The highest BCUT2D eigenvalue weighted by Crippen LogP contribution is 2.13. The van der Waals surface area contributed by atoms with Crippen LogP contribution in [0.15, 0.2) is 48.5 Å². The highest BCUT2D eigenvalue weighted by atomic mass is 35.5. The van der Waals surface area contributed by atoms with Crippen LogP contribution in [0.25, 0.3) is 0 Å². The molecular formula is C17H14ClFN4O. The molecule has 1 aromatic heterocycles. The van der Waals surface area contributed by atoms with E-state index < -0.39 is 0 Å². The van der Waals surface area contributed by atoms with Gasteiger partial charge in [0.15, 0.2) is 5.82 Å². The van der Waals surface area contributed by atoms with E-state index in [4.69, 9.17) is 11.6 Å². The van der Waals surface area contributed by atoms with E-state index in [-0.39, 0.29) is 18.1 Å². The summed E-state index contributed by atoms with van der Waals surface area (Å²) in [5.41, 5.74) is 1.57. The van der Waals surface area contributed by atoms with Gasteiger partial charge in [0.1, 0.15) is 11.6 Å². The fourth-order valence-electron chi connectivity index (χ4n) is 2.17. The molecule has 0 aliphatic carbocycles. The number of aromatic nitrogens is 3. The summed E-state index contributed by atoms with van der Waals surface area (Å²) in [5, 5.41) is 10.2. The number of carbonyl (C=O) groups excluding carboxylic acids is 1. The molecular weight excluding hydrogens is 331 g/mol. The van der Waals surface area contributed by atoms with Crippen LogP contribution in [0.2, 0.25) is 5.02 Å². The van der Waals surface area contributed by atoms with Crippen molar-refractivity contribution in [3.63, 3.8) is 0 Å². The Labute approximate surface area is 142 Å². The number of carbonyl (C=O) groups is 1. The van der Waals surface area contributed by atoms with Crippen LogP contribution in [0.1, 0.15) is 17.2 Å². The third kappa shape index (κ3) is 4.39. The first-order valence-corrected chi connectivity index (χ1v) is 7.66. The molecule has 1 amide bonds. The number of benzene rings is 2. The van der Waals surface area contributed by atoms with Crippen molar-refractivity contribution in [3.8, 4) is 0 Å². The Morgan fingerprint density at radius 1 is 1.12 bits per heavy atom. The Bertz CT molecular complexity index is 831. The number of H-pyrrole nitrogens is 1. The first kappa shape index (κ1) is 16.1. The molecule has 0 aliphatic heterocycles. The fourth-order valence-corrected chi connectivity index (χ4v) is 2.30. The fraction of sp³-hybridized carbons (Fsp3) is 0.118. The zero-order chi connectivity index (χ0) is 16.9. The van der Waals surface area contributed by atoms with Crippen molar-refractivity contribution in [2.75, 3.05) is 5.32 Å². The molecule has 2 N–H and O–H groups in total. The highest BCUT2D eigenvalue weighted by molar-refractivity contribution is 6.30. The minimum Gasteiger partial charge on any atom is -0.326 e. The number of aromatic amines is 1. The van der Waals surface area contributed by atoms with Gasteiger partial charge in [0.25, 0.3) is 0 Å². The van der Waals surface area contributed by atoms with Crippen molar-refractivity contribution in [2.45, 2.75) is 12.8 Å². The van der Waals surface area contributed by atoms with Gasteiger partial charge in [-0.05, 0) is 42.0 Å². The summed E-state index contributed by atoms with van der Waals surface area (Å²) in [6.45, 7) is 0. The third-order valence-corrected chi connectivity index (χ3v) is 3.56. The van der Waals surface area contributed by atoms with E-state index in [2.05, 4.69) is 20.5 Å². The Morgan fingerprint density at radius 2 is 1.83 bits per heavy atom. The van der Waals surface area contributed by atoms with Crippen LogP contribution in [-0.4, -0.2) is 21.1 Å². The monoisotopic (exact) mass is 344 g/mol. The zero-order valence-electron chi connectivity index (χ0n) is 12.6. The summed E-state index contributed by atoms with van der Waals surface area (Å²) in [4.78, 5) is 16.3. The molecule has 5 nitrogen and oxygen atoms in total. The molecule has 0 radical (unpaired) electrons. The van der Waals surface area contributed by atoms with E-state index in [1.54, 1.807) is 36.4 Å². The average molecular weight is 345 g/mol. The molecule has 0 saturated carbocycles. The predicted octanol–water partition coefficient (Wildman–Crippen LogP) is 3.37. The minimum absolute atomic E-state index is 0.0581. The van der Waals surface area contributed by atoms with Gasteiger partial charge in [0.05, 0.1) is 6.42 Å². The van der Waals surface area contributed by atoms with Gasteiger partial charge in [-0.25, -0.2) is 9.37 Å². The van der Waals surface area contributed by atoms with E-state index in [9.17, 15) is 9.18 Å². The summed E-state index contributed by atoms with van der Waals surface area (Å²) < 4.78 is 12.9. The second-order valence-corrected chi connectivity index (χ2v) is 5.67. The van der Waals surface area contributed by atoms with Crippen molar-refractivity contribution < 1.29 is 9.18 Å². The van der Waals surface area contributed by atoms with Crippen molar-refractivity contribution in [2.24, 2.45) is 0 Å².